The van der Waals surface area contributed by atoms with Gasteiger partial charge in [-0.25, -0.2) is 4.79 Å². The molecule has 6 unspecified atom stereocenters. The minimum atomic E-state index is -1.66. The molecule has 0 heterocycles. The Morgan fingerprint density at radius 3 is 1.79 bits per heavy atom. The molecule has 0 aromatic rings. The van der Waals surface area contributed by atoms with Crippen molar-refractivity contribution in [2.24, 2.45) is 11.5 Å². The number of thiol groups is 1. The average molecular weight is 437 g/mol. The van der Waals surface area contributed by atoms with Crippen LogP contribution in [0.15, 0.2) is 0 Å². The van der Waals surface area contributed by atoms with Gasteiger partial charge in [0.25, 0.3) is 0 Å². The lowest BCUT2D eigenvalue weighted by atomic mass is 10.1. The van der Waals surface area contributed by atoms with Crippen LogP contribution in [0.5, 0.6) is 0 Å². The molecule has 0 aromatic heterocycles. The SMILES string of the molecule is CC(O)C(N)C(=O)NC(CS)C(=O)NC(C(=O)NC(CC(N)=O)C(=O)O)C(C)O. The second-order valence-corrected chi connectivity index (χ2v) is 6.67. The van der Waals surface area contributed by atoms with Gasteiger partial charge >= 0.3 is 5.97 Å². The zero-order valence-electron chi connectivity index (χ0n) is 15.9. The van der Waals surface area contributed by atoms with E-state index in [-0.39, 0.29) is 5.75 Å². The van der Waals surface area contributed by atoms with Gasteiger partial charge in [-0.15, -0.1) is 0 Å². The highest BCUT2D eigenvalue weighted by Gasteiger charge is 2.33. The molecule has 14 heteroatoms. The molecule has 6 atom stereocenters. The second kappa shape index (κ2) is 12.2. The molecule has 0 aliphatic heterocycles. The number of amides is 4. The van der Waals surface area contributed by atoms with Gasteiger partial charge in [-0.05, 0) is 13.8 Å². The Morgan fingerprint density at radius 1 is 0.897 bits per heavy atom. The number of aliphatic carboxylic acids is 1. The van der Waals surface area contributed by atoms with Crippen molar-refractivity contribution in [3.63, 3.8) is 0 Å². The molecule has 0 aliphatic carbocycles. The maximum absolute atomic E-state index is 12.4. The highest BCUT2D eigenvalue weighted by atomic mass is 32.1. The largest absolute Gasteiger partial charge is 0.480 e. The van der Waals surface area contributed by atoms with E-state index in [2.05, 4.69) is 23.3 Å². The van der Waals surface area contributed by atoms with Crippen LogP contribution in [0.25, 0.3) is 0 Å². The zero-order valence-corrected chi connectivity index (χ0v) is 16.8. The van der Waals surface area contributed by atoms with Crippen LogP contribution in [0.4, 0.5) is 0 Å². The Kier molecular flexibility index (Phi) is 11.2. The van der Waals surface area contributed by atoms with Gasteiger partial charge in [-0.2, -0.15) is 12.6 Å². The molecule has 29 heavy (non-hydrogen) atoms. The number of carboxylic acid groups (broad SMARTS) is 1. The van der Waals surface area contributed by atoms with E-state index in [1.165, 1.54) is 6.92 Å². The number of hydrogen-bond donors (Lipinski definition) is 9. The smallest absolute Gasteiger partial charge is 0.326 e. The third kappa shape index (κ3) is 9.08. The summed E-state index contributed by atoms with van der Waals surface area (Å²) in [6.07, 6.45) is -3.35. The van der Waals surface area contributed by atoms with Crippen LogP contribution >= 0.6 is 12.6 Å². The molecular weight excluding hydrogens is 410 g/mol. The zero-order chi connectivity index (χ0) is 22.9. The van der Waals surface area contributed by atoms with Gasteiger partial charge in [0.1, 0.15) is 24.2 Å². The Labute approximate surface area is 172 Å². The lowest BCUT2D eigenvalue weighted by molar-refractivity contribution is -0.144. The summed E-state index contributed by atoms with van der Waals surface area (Å²) in [4.78, 5) is 58.6. The first kappa shape index (κ1) is 26.6. The first-order valence-corrected chi connectivity index (χ1v) is 9.09. The van der Waals surface area contributed by atoms with Crippen LogP contribution in [0.3, 0.4) is 0 Å². The number of nitrogens with one attached hydrogen (secondary N) is 3. The van der Waals surface area contributed by atoms with E-state index in [1.54, 1.807) is 0 Å². The summed E-state index contributed by atoms with van der Waals surface area (Å²) in [5, 5.41) is 34.5. The minimum Gasteiger partial charge on any atom is -0.480 e. The molecule has 0 spiro atoms. The van der Waals surface area contributed by atoms with E-state index < -0.39 is 72.4 Å². The lowest BCUT2D eigenvalue weighted by Gasteiger charge is -2.26. The van der Waals surface area contributed by atoms with Gasteiger partial charge in [0, 0.05) is 5.75 Å². The van der Waals surface area contributed by atoms with Crippen molar-refractivity contribution in [2.75, 3.05) is 5.75 Å². The van der Waals surface area contributed by atoms with Crippen molar-refractivity contribution in [3.05, 3.63) is 0 Å². The van der Waals surface area contributed by atoms with Crippen LogP contribution in [0, 0.1) is 0 Å². The van der Waals surface area contributed by atoms with E-state index in [0.717, 1.165) is 6.92 Å². The summed E-state index contributed by atoms with van der Waals surface area (Å²) < 4.78 is 0. The third-order valence-corrected chi connectivity index (χ3v) is 4.09. The molecule has 0 radical (unpaired) electrons. The van der Waals surface area contributed by atoms with E-state index in [9.17, 15) is 34.2 Å². The number of nitrogens with two attached hydrogens (primary N) is 2. The first-order chi connectivity index (χ1) is 13.3. The Hall–Kier alpha value is -2.42. The molecule has 10 N–H and O–H groups in total. The fourth-order valence-electron chi connectivity index (χ4n) is 2.00. The topological polar surface area (TPSA) is 234 Å². The molecule has 0 aliphatic rings. The molecule has 13 nitrogen and oxygen atoms in total. The Morgan fingerprint density at radius 2 is 1.41 bits per heavy atom. The van der Waals surface area contributed by atoms with Crippen molar-refractivity contribution in [1.82, 2.24) is 16.0 Å². The van der Waals surface area contributed by atoms with Gasteiger partial charge in [-0.1, -0.05) is 0 Å². The van der Waals surface area contributed by atoms with Crippen LogP contribution in [-0.2, 0) is 24.0 Å². The Balaban J connectivity index is 5.22. The van der Waals surface area contributed by atoms with Crippen LogP contribution in [0.1, 0.15) is 20.3 Å². The number of carboxylic acids is 1. The maximum atomic E-state index is 12.4. The number of aliphatic hydroxyl groups is 2. The average Bonchev–Trinajstić information content (AvgIpc) is 2.61. The number of primary amides is 1. The normalized spacial score (nSPS) is 17.0. The van der Waals surface area contributed by atoms with E-state index in [1.807, 2.05) is 5.32 Å². The molecular formula is C15H27N5O8S. The maximum Gasteiger partial charge on any atom is 0.326 e. The van der Waals surface area contributed by atoms with Crippen LogP contribution in [0.2, 0.25) is 0 Å². The lowest BCUT2D eigenvalue weighted by Crippen LogP contribution is -2.61. The molecule has 0 aromatic carbocycles. The van der Waals surface area contributed by atoms with Crippen molar-refractivity contribution in [1.29, 1.82) is 0 Å². The summed E-state index contributed by atoms with van der Waals surface area (Å²) in [7, 11) is 0. The fourth-order valence-corrected chi connectivity index (χ4v) is 2.26. The quantitative estimate of drug-likeness (QED) is 0.133. The van der Waals surface area contributed by atoms with Crippen LogP contribution in [-0.4, -0.2) is 87.0 Å². The van der Waals surface area contributed by atoms with E-state index in [4.69, 9.17) is 16.6 Å². The predicted octanol–water partition coefficient (Wildman–Crippen LogP) is -4.58. The fraction of sp³-hybridized carbons (Fsp3) is 0.667. The van der Waals surface area contributed by atoms with E-state index >= 15 is 0 Å². The van der Waals surface area contributed by atoms with Crippen molar-refractivity contribution >= 4 is 42.2 Å². The molecule has 0 rings (SSSR count). The van der Waals surface area contributed by atoms with Crippen molar-refractivity contribution < 1.29 is 39.3 Å². The van der Waals surface area contributed by atoms with Gasteiger partial charge in [0.05, 0.1) is 18.6 Å². The minimum absolute atomic E-state index is 0.211. The summed E-state index contributed by atoms with van der Waals surface area (Å²) in [6.45, 7) is 2.44. The number of rotatable bonds is 12. The molecule has 166 valence electrons. The third-order valence-electron chi connectivity index (χ3n) is 3.72. The van der Waals surface area contributed by atoms with Gasteiger partial charge in [-0.3, -0.25) is 19.2 Å². The van der Waals surface area contributed by atoms with Crippen LogP contribution < -0.4 is 27.4 Å². The summed E-state index contributed by atoms with van der Waals surface area (Å²) in [5.41, 5.74) is 10.4. The monoisotopic (exact) mass is 437 g/mol. The highest BCUT2D eigenvalue weighted by Crippen LogP contribution is 2.01. The van der Waals surface area contributed by atoms with Crippen molar-refractivity contribution in [3.8, 4) is 0 Å². The highest BCUT2D eigenvalue weighted by molar-refractivity contribution is 7.80. The summed E-state index contributed by atoms with van der Waals surface area (Å²) >= 11 is 3.92. The number of carbonyl (C=O) groups excluding carboxylic acids is 4. The number of aliphatic hydroxyl groups excluding tert-OH is 2. The Bertz CT molecular complexity index is 630. The number of carbonyl (C=O) groups is 5. The predicted molar refractivity (Wildman–Crippen MR) is 102 cm³/mol. The molecule has 0 bridgehead atoms. The van der Waals surface area contributed by atoms with Gasteiger partial charge < -0.3 is 42.7 Å². The molecule has 0 saturated heterocycles. The van der Waals surface area contributed by atoms with Crippen molar-refractivity contribution in [2.45, 2.75) is 56.6 Å². The second-order valence-electron chi connectivity index (χ2n) is 6.31. The van der Waals surface area contributed by atoms with Gasteiger partial charge in [0.2, 0.25) is 23.6 Å². The molecule has 4 amide bonds. The van der Waals surface area contributed by atoms with Gasteiger partial charge in [0.15, 0.2) is 0 Å². The standard InChI is InChI=1S/C15H27N5O8S/c1-5(21)10(17)13(25)19-8(4-29)12(24)20-11(6(2)22)14(26)18-7(15(27)28)3-9(16)23/h5-8,10-11,21-22,29H,3-4,17H2,1-2H3,(H2,16,23)(H,18,26)(H,19,25)(H,20,24)(H,27,28). The summed E-state index contributed by atoms with van der Waals surface area (Å²) in [6, 6.07) is -5.86. The summed E-state index contributed by atoms with van der Waals surface area (Å²) in [5.74, 6) is -5.60. The molecule has 0 saturated carbocycles. The van der Waals surface area contributed by atoms with E-state index in [0.29, 0.717) is 0 Å². The number of hydrogen-bond acceptors (Lipinski definition) is 9. The molecule has 0 fully saturated rings. The first-order valence-electron chi connectivity index (χ1n) is 8.46.